The lowest BCUT2D eigenvalue weighted by atomic mass is 10.0. The minimum Gasteiger partial charge on any atom is -0.472 e. The number of hydrogen-bond acceptors (Lipinski definition) is 4. The third kappa shape index (κ3) is 3.29. The van der Waals surface area contributed by atoms with Gasteiger partial charge in [-0.2, -0.15) is 0 Å². The molecular weight excluding hydrogens is 306 g/mol. The number of nitrogens with zero attached hydrogens (tertiary/aromatic N) is 4. The summed E-state index contributed by atoms with van der Waals surface area (Å²) in [5.74, 6) is 2.12. The van der Waals surface area contributed by atoms with E-state index in [2.05, 4.69) is 33.9 Å². The molecular formula is C17H25N5O2. The molecule has 2 amide bonds. The molecule has 7 nitrogen and oxygen atoms in total. The van der Waals surface area contributed by atoms with Crippen molar-refractivity contribution in [1.29, 1.82) is 0 Å². The van der Waals surface area contributed by atoms with Gasteiger partial charge in [-0.05, 0) is 25.3 Å². The van der Waals surface area contributed by atoms with Crippen LogP contribution in [0.1, 0.15) is 50.4 Å². The molecule has 3 rings (SSSR count). The first-order valence-electron chi connectivity index (χ1n) is 8.58. The van der Waals surface area contributed by atoms with Gasteiger partial charge >= 0.3 is 6.03 Å². The van der Waals surface area contributed by atoms with Crippen LogP contribution < -0.4 is 5.32 Å². The minimum absolute atomic E-state index is 0.0900. The Bertz CT molecular complexity index is 677. The molecule has 0 saturated heterocycles. The lowest BCUT2D eigenvalue weighted by molar-refractivity contribution is 0.188. The smallest absolute Gasteiger partial charge is 0.318 e. The van der Waals surface area contributed by atoms with E-state index in [1.165, 1.54) is 0 Å². The maximum atomic E-state index is 12.7. The van der Waals surface area contributed by atoms with Gasteiger partial charge in [-0.15, -0.1) is 10.2 Å². The predicted octanol–water partition coefficient (Wildman–Crippen LogP) is 2.75. The number of aromatic nitrogens is 3. The molecule has 1 aliphatic heterocycles. The van der Waals surface area contributed by atoms with Gasteiger partial charge in [0, 0.05) is 25.1 Å². The fourth-order valence-electron chi connectivity index (χ4n) is 3.09. The molecule has 2 aromatic rings. The highest BCUT2D eigenvalue weighted by atomic mass is 16.3. The number of fused-ring (bicyclic) bond motifs is 1. The Morgan fingerprint density at radius 3 is 2.96 bits per heavy atom. The summed E-state index contributed by atoms with van der Waals surface area (Å²) >= 11 is 0. The topological polar surface area (TPSA) is 76.2 Å². The zero-order chi connectivity index (χ0) is 17.1. The summed E-state index contributed by atoms with van der Waals surface area (Å²) in [4.78, 5) is 14.5. The van der Waals surface area contributed by atoms with Crippen molar-refractivity contribution < 1.29 is 9.21 Å². The highest BCUT2D eigenvalue weighted by Crippen LogP contribution is 2.24. The Hall–Kier alpha value is -2.31. The number of furan rings is 1. The van der Waals surface area contributed by atoms with Crippen molar-refractivity contribution in [1.82, 2.24) is 25.0 Å². The van der Waals surface area contributed by atoms with Gasteiger partial charge in [0.2, 0.25) is 0 Å². The molecule has 24 heavy (non-hydrogen) atoms. The van der Waals surface area contributed by atoms with E-state index in [0.29, 0.717) is 13.1 Å². The molecule has 1 N–H and O–H groups in total. The molecule has 0 bridgehead atoms. The normalized spacial score (nSPS) is 14.7. The van der Waals surface area contributed by atoms with Gasteiger partial charge in [0.05, 0.1) is 25.1 Å². The van der Waals surface area contributed by atoms with Crippen LogP contribution in [0.4, 0.5) is 4.79 Å². The first-order valence-corrected chi connectivity index (χ1v) is 8.58. The van der Waals surface area contributed by atoms with Crippen LogP contribution in [0.3, 0.4) is 0 Å². The van der Waals surface area contributed by atoms with Crippen molar-refractivity contribution in [2.75, 3.05) is 6.54 Å². The molecule has 0 radical (unpaired) electrons. The molecule has 0 spiro atoms. The fourth-order valence-corrected chi connectivity index (χ4v) is 3.09. The Labute approximate surface area is 142 Å². The van der Waals surface area contributed by atoms with Crippen molar-refractivity contribution in [3.05, 3.63) is 35.8 Å². The van der Waals surface area contributed by atoms with Gasteiger partial charge in [0.1, 0.15) is 5.82 Å². The Kier molecular flexibility index (Phi) is 4.87. The number of amides is 2. The number of carbonyl (C=O) groups is 1. The molecule has 0 aliphatic carbocycles. The van der Waals surface area contributed by atoms with Crippen molar-refractivity contribution in [2.45, 2.75) is 52.7 Å². The van der Waals surface area contributed by atoms with Gasteiger partial charge in [0.25, 0.3) is 0 Å². The Morgan fingerprint density at radius 2 is 2.29 bits per heavy atom. The van der Waals surface area contributed by atoms with E-state index in [-0.39, 0.29) is 18.0 Å². The molecule has 0 aromatic carbocycles. The highest BCUT2D eigenvalue weighted by molar-refractivity contribution is 5.74. The molecule has 2 aromatic heterocycles. The van der Waals surface area contributed by atoms with Crippen LogP contribution in [0.15, 0.2) is 23.0 Å². The summed E-state index contributed by atoms with van der Waals surface area (Å²) < 4.78 is 7.24. The second-order valence-corrected chi connectivity index (χ2v) is 6.55. The van der Waals surface area contributed by atoms with Crippen molar-refractivity contribution in [3.8, 4) is 0 Å². The largest absolute Gasteiger partial charge is 0.472 e. The molecule has 1 atom stereocenters. The highest BCUT2D eigenvalue weighted by Gasteiger charge is 2.28. The first-order chi connectivity index (χ1) is 11.6. The average molecular weight is 331 g/mol. The summed E-state index contributed by atoms with van der Waals surface area (Å²) in [7, 11) is 0. The number of rotatable bonds is 6. The fraction of sp³-hybridized carbons (Fsp3) is 0.588. The van der Waals surface area contributed by atoms with Crippen LogP contribution in [0.2, 0.25) is 0 Å². The summed E-state index contributed by atoms with van der Waals surface area (Å²) in [6.45, 7) is 8.24. The van der Waals surface area contributed by atoms with E-state index in [4.69, 9.17) is 4.42 Å². The molecule has 130 valence electrons. The monoisotopic (exact) mass is 331 g/mol. The standard InChI is InChI=1S/C17H25N5O2/c1-4-21(10-13-7-9-24-11-13)17(23)18-15(12(2)3)16-20-19-14-6-5-8-22(14)16/h7,9,11-12,15H,4-6,8,10H2,1-3H3,(H,18,23). The number of aryl methyl sites for hydroxylation is 1. The van der Waals surface area contributed by atoms with Crippen LogP contribution in [0.5, 0.6) is 0 Å². The quantitative estimate of drug-likeness (QED) is 0.883. The summed E-state index contributed by atoms with van der Waals surface area (Å²) in [6, 6.07) is 1.64. The third-order valence-corrected chi connectivity index (χ3v) is 4.48. The molecule has 0 saturated carbocycles. The lowest BCUT2D eigenvalue weighted by Crippen LogP contribution is -2.43. The minimum atomic E-state index is -0.143. The second kappa shape index (κ2) is 7.07. The van der Waals surface area contributed by atoms with Crippen LogP contribution in [-0.4, -0.2) is 32.2 Å². The van der Waals surface area contributed by atoms with Gasteiger partial charge in [0.15, 0.2) is 5.82 Å². The van der Waals surface area contributed by atoms with E-state index < -0.39 is 0 Å². The van der Waals surface area contributed by atoms with Crippen LogP contribution >= 0.6 is 0 Å². The van der Waals surface area contributed by atoms with Crippen LogP contribution in [0, 0.1) is 5.92 Å². The molecule has 1 aliphatic rings. The predicted molar refractivity (Wildman–Crippen MR) is 89.2 cm³/mol. The summed E-state index contributed by atoms with van der Waals surface area (Å²) in [5.41, 5.74) is 0.983. The van der Waals surface area contributed by atoms with E-state index >= 15 is 0 Å². The van der Waals surface area contributed by atoms with E-state index in [9.17, 15) is 4.79 Å². The lowest BCUT2D eigenvalue weighted by Gasteiger charge is -2.27. The SMILES string of the molecule is CCN(Cc1ccoc1)C(=O)NC(c1nnc2n1CCC2)C(C)C. The molecule has 3 heterocycles. The Balaban J connectivity index is 1.73. The Morgan fingerprint density at radius 1 is 1.46 bits per heavy atom. The van der Waals surface area contributed by atoms with Crippen molar-refractivity contribution in [2.24, 2.45) is 5.92 Å². The van der Waals surface area contributed by atoms with Gasteiger partial charge in [-0.25, -0.2) is 4.79 Å². The average Bonchev–Trinajstić information content (AvgIpc) is 3.27. The number of hydrogen-bond donors (Lipinski definition) is 1. The number of nitrogens with one attached hydrogen (secondary N) is 1. The van der Waals surface area contributed by atoms with Crippen molar-refractivity contribution >= 4 is 6.03 Å². The van der Waals surface area contributed by atoms with Crippen LogP contribution in [-0.2, 0) is 19.5 Å². The van der Waals surface area contributed by atoms with E-state index in [1.54, 1.807) is 17.4 Å². The maximum absolute atomic E-state index is 12.7. The van der Waals surface area contributed by atoms with E-state index in [0.717, 1.165) is 36.6 Å². The van der Waals surface area contributed by atoms with E-state index in [1.807, 2.05) is 13.0 Å². The second-order valence-electron chi connectivity index (χ2n) is 6.55. The van der Waals surface area contributed by atoms with Crippen LogP contribution in [0.25, 0.3) is 0 Å². The molecule has 1 unspecified atom stereocenters. The maximum Gasteiger partial charge on any atom is 0.318 e. The van der Waals surface area contributed by atoms with Gasteiger partial charge in [-0.1, -0.05) is 13.8 Å². The summed E-state index contributed by atoms with van der Waals surface area (Å²) in [6.07, 6.45) is 5.35. The number of carbonyl (C=O) groups excluding carboxylic acids is 1. The zero-order valence-electron chi connectivity index (χ0n) is 14.5. The van der Waals surface area contributed by atoms with Gasteiger partial charge < -0.3 is 19.2 Å². The van der Waals surface area contributed by atoms with Crippen molar-refractivity contribution in [3.63, 3.8) is 0 Å². The summed E-state index contributed by atoms with van der Waals surface area (Å²) in [5, 5.41) is 11.8. The van der Waals surface area contributed by atoms with Gasteiger partial charge in [-0.3, -0.25) is 0 Å². The number of urea groups is 1. The first kappa shape index (κ1) is 16.5. The molecule has 7 heteroatoms. The third-order valence-electron chi connectivity index (χ3n) is 4.48. The zero-order valence-corrected chi connectivity index (χ0v) is 14.5. The molecule has 0 fully saturated rings.